The van der Waals surface area contributed by atoms with Crippen LogP contribution in [0.5, 0.6) is 0 Å². The first-order chi connectivity index (χ1) is 13.5. The number of carbonyl (C=O) groups is 2. The maximum absolute atomic E-state index is 13.6. The summed E-state index contributed by atoms with van der Waals surface area (Å²) in [6, 6.07) is 1.77. The van der Waals surface area contributed by atoms with Crippen LogP contribution in [0.3, 0.4) is 0 Å². The van der Waals surface area contributed by atoms with Gasteiger partial charge in [-0.15, -0.1) is 0 Å². The quantitative estimate of drug-likeness (QED) is 0.799. The molecule has 4 heterocycles. The lowest BCUT2D eigenvalue weighted by Gasteiger charge is -2.44. The number of pyridine rings is 1. The molecule has 2 fully saturated rings. The molecule has 2 aliphatic rings. The molecule has 8 nitrogen and oxygen atoms in total. The Bertz CT molecular complexity index is 924. The zero-order chi connectivity index (χ0) is 19.9. The van der Waals surface area contributed by atoms with Crippen LogP contribution in [0, 0.1) is 13.8 Å². The number of piperidine rings is 1. The Morgan fingerprint density at radius 2 is 2.04 bits per heavy atom. The van der Waals surface area contributed by atoms with Crippen LogP contribution in [0.15, 0.2) is 10.6 Å². The zero-order valence-corrected chi connectivity index (χ0v) is 16.7. The molecule has 2 saturated heterocycles. The molecule has 1 atom stereocenters. The molecule has 0 aliphatic carbocycles. The van der Waals surface area contributed by atoms with E-state index in [-0.39, 0.29) is 11.8 Å². The Labute approximate surface area is 163 Å². The van der Waals surface area contributed by atoms with Gasteiger partial charge in [-0.25, -0.2) is 4.98 Å². The third-order valence-electron chi connectivity index (χ3n) is 5.98. The van der Waals surface area contributed by atoms with Gasteiger partial charge in [-0.1, -0.05) is 5.16 Å². The maximum atomic E-state index is 13.6. The molecule has 4 rings (SSSR count). The van der Waals surface area contributed by atoms with E-state index in [2.05, 4.69) is 10.1 Å². The van der Waals surface area contributed by atoms with Crippen LogP contribution in [-0.4, -0.2) is 70.6 Å². The van der Waals surface area contributed by atoms with E-state index in [4.69, 9.17) is 9.26 Å². The minimum atomic E-state index is -0.752. The van der Waals surface area contributed by atoms with Gasteiger partial charge in [-0.3, -0.25) is 9.59 Å². The Hall–Kier alpha value is -2.48. The second-order valence-corrected chi connectivity index (χ2v) is 7.74. The average Bonchev–Trinajstić information content (AvgIpc) is 3.26. The van der Waals surface area contributed by atoms with Crippen molar-refractivity contribution in [3.63, 3.8) is 0 Å². The number of hydrogen-bond donors (Lipinski definition) is 0. The number of nitrogens with zero attached hydrogens (tertiary/aromatic N) is 4. The number of aryl methyl sites for hydroxylation is 2. The van der Waals surface area contributed by atoms with Gasteiger partial charge in [0.05, 0.1) is 23.3 Å². The molecular formula is C20H26N4O4. The molecule has 0 N–H and O–H groups in total. The van der Waals surface area contributed by atoms with Crippen LogP contribution in [0.25, 0.3) is 11.1 Å². The monoisotopic (exact) mass is 386 g/mol. The molecule has 150 valence electrons. The molecule has 2 amide bonds. The lowest BCUT2D eigenvalue weighted by Crippen LogP contribution is -2.61. The third-order valence-corrected chi connectivity index (χ3v) is 5.98. The summed E-state index contributed by atoms with van der Waals surface area (Å²) in [5.41, 5.74) is 1.46. The highest BCUT2D eigenvalue weighted by Gasteiger charge is 2.53. The summed E-state index contributed by atoms with van der Waals surface area (Å²) in [7, 11) is 1.63. The van der Waals surface area contributed by atoms with E-state index in [0.29, 0.717) is 60.6 Å². The third kappa shape index (κ3) is 2.87. The van der Waals surface area contributed by atoms with Crippen LogP contribution >= 0.6 is 0 Å². The average molecular weight is 386 g/mol. The molecule has 8 heteroatoms. The standard InChI is InChI=1S/C20H26N4O4/c1-13-12-15(16-14(2)22-28-17(16)21-13)18(25)24-9-5-7-20(24)6-4-8-23(19(20)26)10-11-27-3/h12H,4-11H2,1-3H3. The Morgan fingerprint density at radius 1 is 1.29 bits per heavy atom. The molecule has 2 aliphatic heterocycles. The van der Waals surface area contributed by atoms with Gasteiger partial charge >= 0.3 is 0 Å². The Kier molecular flexibility index (Phi) is 4.82. The molecule has 1 unspecified atom stereocenters. The summed E-state index contributed by atoms with van der Waals surface area (Å²) in [4.78, 5) is 35.0. The van der Waals surface area contributed by atoms with Crippen LogP contribution in [0.1, 0.15) is 47.4 Å². The summed E-state index contributed by atoms with van der Waals surface area (Å²) >= 11 is 0. The molecular weight excluding hydrogens is 360 g/mol. The van der Waals surface area contributed by atoms with Crippen molar-refractivity contribution in [1.82, 2.24) is 19.9 Å². The van der Waals surface area contributed by atoms with Gasteiger partial charge in [0.25, 0.3) is 11.6 Å². The number of hydrogen-bond acceptors (Lipinski definition) is 6. The lowest BCUT2D eigenvalue weighted by atomic mass is 9.85. The highest BCUT2D eigenvalue weighted by molar-refractivity contribution is 6.08. The van der Waals surface area contributed by atoms with Crippen molar-refractivity contribution in [2.45, 2.75) is 45.1 Å². The Balaban J connectivity index is 1.72. The van der Waals surface area contributed by atoms with Gasteiger partial charge in [-0.05, 0) is 45.6 Å². The lowest BCUT2D eigenvalue weighted by molar-refractivity contribution is -0.146. The van der Waals surface area contributed by atoms with Crippen LogP contribution in [-0.2, 0) is 9.53 Å². The summed E-state index contributed by atoms with van der Waals surface area (Å²) in [5, 5.41) is 4.61. The van der Waals surface area contributed by atoms with E-state index < -0.39 is 5.54 Å². The van der Waals surface area contributed by atoms with E-state index in [1.54, 1.807) is 25.0 Å². The molecule has 28 heavy (non-hydrogen) atoms. The predicted octanol–water partition coefficient (Wildman–Crippen LogP) is 2.08. The molecule has 0 bridgehead atoms. The summed E-state index contributed by atoms with van der Waals surface area (Å²) in [6.07, 6.45) is 3.12. The minimum Gasteiger partial charge on any atom is -0.383 e. The van der Waals surface area contributed by atoms with Crippen LogP contribution in [0.2, 0.25) is 0 Å². The van der Waals surface area contributed by atoms with Crippen LogP contribution in [0.4, 0.5) is 0 Å². The number of rotatable bonds is 4. The number of likely N-dealkylation sites (tertiary alicyclic amines) is 2. The fourth-order valence-corrected chi connectivity index (χ4v) is 4.67. The van der Waals surface area contributed by atoms with Gasteiger partial charge in [0.1, 0.15) is 5.54 Å². The van der Waals surface area contributed by atoms with Gasteiger partial charge in [-0.2, -0.15) is 0 Å². The highest BCUT2D eigenvalue weighted by Crippen LogP contribution is 2.40. The predicted molar refractivity (Wildman–Crippen MR) is 102 cm³/mol. The van der Waals surface area contributed by atoms with Gasteiger partial charge in [0.15, 0.2) is 0 Å². The van der Waals surface area contributed by atoms with E-state index in [9.17, 15) is 9.59 Å². The molecule has 1 spiro atoms. The van der Waals surface area contributed by atoms with Crippen LogP contribution < -0.4 is 0 Å². The van der Waals surface area contributed by atoms with Crippen molar-refractivity contribution < 1.29 is 18.8 Å². The molecule has 0 aromatic carbocycles. The largest absolute Gasteiger partial charge is 0.383 e. The molecule has 2 aromatic rings. The SMILES string of the molecule is COCCN1CCCC2(CCCN2C(=O)c2cc(C)nc3onc(C)c23)C1=O. The fourth-order valence-electron chi connectivity index (χ4n) is 4.67. The number of aromatic nitrogens is 2. The second-order valence-electron chi connectivity index (χ2n) is 7.74. The Morgan fingerprint density at radius 3 is 2.79 bits per heavy atom. The van der Waals surface area contributed by atoms with E-state index in [1.807, 2.05) is 11.8 Å². The van der Waals surface area contributed by atoms with Crippen molar-refractivity contribution in [2.75, 3.05) is 33.4 Å². The summed E-state index contributed by atoms with van der Waals surface area (Å²) in [5.74, 6) is -0.0908. The maximum Gasteiger partial charge on any atom is 0.258 e. The van der Waals surface area contributed by atoms with Gasteiger partial charge in [0.2, 0.25) is 5.91 Å². The smallest absolute Gasteiger partial charge is 0.258 e. The zero-order valence-electron chi connectivity index (χ0n) is 16.7. The molecule has 2 aromatic heterocycles. The van der Waals surface area contributed by atoms with E-state index in [1.165, 1.54) is 0 Å². The topological polar surface area (TPSA) is 88.8 Å². The number of carbonyl (C=O) groups excluding carboxylic acids is 2. The second kappa shape index (κ2) is 7.16. The number of methoxy groups -OCH3 is 1. The van der Waals surface area contributed by atoms with Gasteiger partial charge in [0, 0.05) is 32.4 Å². The number of fused-ring (bicyclic) bond motifs is 1. The van der Waals surface area contributed by atoms with Crippen molar-refractivity contribution in [1.29, 1.82) is 0 Å². The van der Waals surface area contributed by atoms with Gasteiger partial charge < -0.3 is 19.1 Å². The number of amides is 2. The molecule has 0 radical (unpaired) electrons. The molecule has 0 saturated carbocycles. The highest BCUT2D eigenvalue weighted by atomic mass is 16.5. The van der Waals surface area contributed by atoms with Crippen molar-refractivity contribution in [2.24, 2.45) is 0 Å². The first-order valence-electron chi connectivity index (χ1n) is 9.82. The normalized spacial score (nSPS) is 22.6. The van der Waals surface area contributed by atoms with Crippen molar-refractivity contribution in [3.8, 4) is 0 Å². The van der Waals surface area contributed by atoms with Crippen molar-refractivity contribution in [3.05, 3.63) is 23.0 Å². The van der Waals surface area contributed by atoms with E-state index in [0.717, 1.165) is 19.4 Å². The minimum absolute atomic E-state index is 0.0470. The fraction of sp³-hybridized carbons (Fsp3) is 0.600. The number of ether oxygens (including phenoxy) is 1. The van der Waals surface area contributed by atoms with Crippen molar-refractivity contribution >= 4 is 22.9 Å². The van der Waals surface area contributed by atoms with E-state index >= 15 is 0 Å². The first kappa shape index (κ1) is 18.9. The summed E-state index contributed by atoms with van der Waals surface area (Å²) in [6.45, 7) is 5.98. The summed E-state index contributed by atoms with van der Waals surface area (Å²) < 4.78 is 10.4. The first-order valence-corrected chi connectivity index (χ1v) is 9.82.